The first-order chi connectivity index (χ1) is 3.75. The predicted octanol–water partition coefficient (Wildman–Crippen LogP) is -1.44. The molecule has 0 aromatic rings. The Morgan fingerprint density at radius 2 is 2.38 bits per heavy atom. The van der Waals surface area contributed by atoms with Crippen molar-refractivity contribution < 1.29 is 9.84 Å². The van der Waals surface area contributed by atoms with Gasteiger partial charge in [-0.05, 0) is 6.92 Å². The van der Waals surface area contributed by atoms with Crippen LogP contribution in [0.3, 0.4) is 0 Å². The second-order valence-corrected chi connectivity index (χ2v) is 1.95. The smallest absolute Gasteiger partial charge is 0.183 e. The summed E-state index contributed by atoms with van der Waals surface area (Å²) in [6.45, 7) is 1.85. The molecule has 1 aliphatic heterocycles. The van der Waals surface area contributed by atoms with E-state index >= 15 is 0 Å². The zero-order chi connectivity index (χ0) is 6.15. The van der Waals surface area contributed by atoms with Crippen LogP contribution >= 0.6 is 0 Å². The van der Waals surface area contributed by atoms with E-state index < -0.39 is 6.29 Å². The molecule has 0 spiro atoms. The van der Waals surface area contributed by atoms with Gasteiger partial charge in [-0.2, -0.15) is 0 Å². The maximum Gasteiger partial charge on any atom is 0.183 e. The molecule has 0 saturated carbocycles. The van der Waals surface area contributed by atoms with E-state index in [0.717, 1.165) is 0 Å². The molecule has 1 fully saturated rings. The topological polar surface area (TPSA) is 70.8 Å². The van der Waals surface area contributed by atoms with E-state index in [-0.39, 0.29) is 12.1 Å². The number of epoxide rings is 1. The molecular formula is C4H10N2O2. The zero-order valence-corrected chi connectivity index (χ0v) is 4.66. The fourth-order valence-corrected chi connectivity index (χ4v) is 0.575. The normalized spacial score (nSPS) is 39.4. The molecule has 4 nitrogen and oxygen atoms in total. The molecule has 0 aromatic carbocycles. The summed E-state index contributed by atoms with van der Waals surface area (Å²) in [5, 5.41) is 8.61. The van der Waals surface area contributed by atoms with E-state index in [1.807, 2.05) is 6.92 Å². The number of nitrogens with one attached hydrogen (secondary N) is 1. The summed E-state index contributed by atoms with van der Waals surface area (Å²) >= 11 is 0. The van der Waals surface area contributed by atoms with Crippen molar-refractivity contribution in [3.05, 3.63) is 0 Å². The van der Waals surface area contributed by atoms with Gasteiger partial charge in [-0.1, -0.05) is 0 Å². The average Bonchev–Trinajstić information content (AvgIpc) is 2.45. The highest BCUT2D eigenvalue weighted by atomic mass is 16.7. The van der Waals surface area contributed by atoms with Crippen LogP contribution in [0.5, 0.6) is 0 Å². The van der Waals surface area contributed by atoms with Gasteiger partial charge in [0.25, 0.3) is 0 Å². The van der Waals surface area contributed by atoms with Crippen molar-refractivity contribution in [2.24, 2.45) is 5.84 Å². The molecule has 1 aliphatic rings. The fraction of sp³-hybridized carbons (Fsp3) is 1.00. The zero-order valence-electron chi connectivity index (χ0n) is 4.66. The SMILES string of the molecule is CC(NN)C1OC1O. The Labute approximate surface area is 47.6 Å². The number of rotatable bonds is 2. The first-order valence-corrected chi connectivity index (χ1v) is 2.55. The lowest BCUT2D eigenvalue weighted by atomic mass is 10.3. The van der Waals surface area contributed by atoms with Crippen molar-refractivity contribution in [2.75, 3.05) is 0 Å². The van der Waals surface area contributed by atoms with E-state index in [0.29, 0.717) is 0 Å². The largest absolute Gasteiger partial charge is 0.366 e. The highest BCUT2D eigenvalue weighted by Gasteiger charge is 2.41. The Morgan fingerprint density at radius 1 is 1.88 bits per heavy atom. The molecule has 4 N–H and O–H groups in total. The summed E-state index contributed by atoms with van der Waals surface area (Å²) in [4.78, 5) is 0. The molecular weight excluding hydrogens is 108 g/mol. The van der Waals surface area contributed by atoms with Crippen LogP contribution in [0.25, 0.3) is 0 Å². The van der Waals surface area contributed by atoms with Crippen LogP contribution in [0.2, 0.25) is 0 Å². The lowest BCUT2D eigenvalue weighted by Gasteiger charge is -2.02. The van der Waals surface area contributed by atoms with Gasteiger partial charge < -0.3 is 9.84 Å². The summed E-state index contributed by atoms with van der Waals surface area (Å²) in [6, 6.07) is 0.0463. The molecule has 0 bridgehead atoms. The number of hydrazine groups is 1. The molecule has 0 aliphatic carbocycles. The maximum atomic E-state index is 8.61. The van der Waals surface area contributed by atoms with Gasteiger partial charge in [0.2, 0.25) is 0 Å². The molecule has 0 amide bonds. The summed E-state index contributed by atoms with van der Waals surface area (Å²) < 4.78 is 4.68. The molecule has 3 unspecified atom stereocenters. The van der Waals surface area contributed by atoms with Gasteiger partial charge in [-0.25, -0.2) is 0 Å². The first kappa shape index (κ1) is 5.97. The van der Waals surface area contributed by atoms with Crippen molar-refractivity contribution >= 4 is 0 Å². The van der Waals surface area contributed by atoms with Crippen LogP contribution in [-0.4, -0.2) is 23.5 Å². The highest BCUT2D eigenvalue weighted by Crippen LogP contribution is 2.21. The maximum absolute atomic E-state index is 8.61. The van der Waals surface area contributed by atoms with Gasteiger partial charge >= 0.3 is 0 Å². The number of hydrogen-bond acceptors (Lipinski definition) is 4. The Hall–Kier alpha value is -0.160. The number of aliphatic hydroxyl groups is 1. The number of ether oxygens (including phenoxy) is 1. The monoisotopic (exact) mass is 118 g/mol. The minimum absolute atomic E-state index is 0.0463. The summed E-state index contributed by atoms with van der Waals surface area (Å²) in [6.07, 6.45) is -0.693. The van der Waals surface area contributed by atoms with Gasteiger partial charge in [0.1, 0.15) is 6.10 Å². The third-order valence-electron chi connectivity index (χ3n) is 1.26. The number of nitrogens with two attached hydrogens (primary N) is 1. The van der Waals surface area contributed by atoms with Gasteiger partial charge in [0, 0.05) is 6.04 Å². The van der Waals surface area contributed by atoms with Gasteiger partial charge in [0.15, 0.2) is 6.29 Å². The van der Waals surface area contributed by atoms with Gasteiger partial charge in [-0.15, -0.1) is 0 Å². The van der Waals surface area contributed by atoms with Crippen LogP contribution < -0.4 is 11.3 Å². The molecule has 0 aromatic heterocycles. The first-order valence-electron chi connectivity index (χ1n) is 2.55. The van der Waals surface area contributed by atoms with E-state index in [2.05, 4.69) is 10.2 Å². The average molecular weight is 118 g/mol. The quantitative estimate of drug-likeness (QED) is 0.236. The van der Waals surface area contributed by atoms with Crippen LogP contribution in [0.4, 0.5) is 0 Å². The molecule has 4 heteroatoms. The Kier molecular flexibility index (Phi) is 1.48. The molecule has 8 heavy (non-hydrogen) atoms. The molecule has 48 valence electrons. The number of aliphatic hydroxyl groups excluding tert-OH is 1. The second kappa shape index (κ2) is 1.99. The van der Waals surface area contributed by atoms with Crippen molar-refractivity contribution in [2.45, 2.75) is 25.4 Å². The van der Waals surface area contributed by atoms with Crippen LogP contribution in [0.1, 0.15) is 6.92 Å². The van der Waals surface area contributed by atoms with Crippen molar-refractivity contribution in [1.29, 1.82) is 0 Å². The van der Waals surface area contributed by atoms with Crippen LogP contribution in [0.15, 0.2) is 0 Å². The third-order valence-corrected chi connectivity index (χ3v) is 1.26. The Morgan fingerprint density at radius 3 is 2.50 bits per heavy atom. The Bertz CT molecular complexity index is 86.1. The molecule has 0 radical (unpaired) electrons. The lowest BCUT2D eigenvalue weighted by molar-refractivity contribution is 0.155. The lowest BCUT2D eigenvalue weighted by Crippen LogP contribution is -2.37. The van der Waals surface area contributed by atoms with E-state index in [1.165, 1.54) is 0 Å². The Balaban J connectivity index is 2.18. The van der Waals surface area contributed by atoms with Crippen LogP contribution in [0, 0.1) is 0 Å². The minimum Gasteiger partial charge on any atom is -0.366 e. The van der Waals surface area contributed by atoms with E-state index in [9.17, 15) is 0 Å². The molecule has 3 atom stereocenters. The van der Waals surface area contributed by atoms with Gasteiger partial charge in [0.05, 0.1) is 0 Å². The second-order valence-electron chi connectivity index (χ2n) is 1.95. The molecule has 1 rings (SSSR count). The van der Waals surface area contributed by atoms with Gasteiger partial charge in [-0.3, -0.25) is 11.3 Å². The summed E-state index contributed by atoms with van der Waals surface area (Å²) in [5.74, 6) is 5.03. The number of hydrogen-bond donors (Lipinski definition) is 3. The fourth-order valence-electron chi connectivity index (χ4n) is 0.575. The van der Waals surface area contributed by atoms with E-state index in [4.69, 9.17) is 10.9 Å². The van der Waals surface area contributed by atoms with Crippen molar-refractivity contribution in [3.63, 3.8) is 0 Å². The molecule has 1 heterocycles. The van der Waals surface area contributed by atoms with E-state index in [1.54, 1.807) is 0 Å². The summed E-state index contributed by atoms with van der Waals surface area (Å²) in [5.41, 5.74) is 2.47. The highest BCUT2D eigenvalue weighted by molar-refractivity contribution is 4.83. The predicted molar refractivity (Wildman–Crippen MR) is 27.7 cm³/mol. The third kappa shape index (κ3) is 0.976. The summed E-state index contributed by atoms with van der Waals surface area (Å²) in [7, 11) is 0. The van der Waals surface area contributed by atoms with Crippen molar-refractivity contribution in [3.8, 4) is 0 Å². The standard InChI is InChI=1S/C4H10N2O2/c1-2(6-5)3-4(7)8-3/h2-4,6-7H,5H2,1H3. The minimum atomic E-state index is -0.596. The molecule has 1 saturated heterocycles. The van der Waals surface area contributed by atoms with Crippen molar-refractivity contribution in [1.82, 2.24) is 5.43 Å². The van der Waals surface area contributed by atoms with Crippen LogP contribution in [-0.2, 0) is 4.74 Å².